The van der Waals surface area contributed by atoms with Gasteiger partial charge < -0.3 is 9.84 Å². The first-order valence-electron chi connectivity index (χ1n) is 3.99. The van der Waals surface area contributed by atoms with Crippen LogP contribution in [0.1, 0.15) is 10.4 Å². The molecule has 0 heterocycles. The van der Waals surface area contributed by atoms with Gasteiger partial charge in [-0.05, 0) is 6.07 Å². The van der Waals surface area contributed by atoms with E-state index >= 15 is 0 Å². The Hall–Kier alpha value is -2.32. The molecule has 1 rings (SSSR count). The molecule has 0 amide bonds. The Bertz CT molecular complexity index is 476. The first-order valence-corrected chi connectivity index (χ1v) is 3.99. The highest BCUT2D eigenvalue weighted by Gasteiger charge is 2.24. The van der Waals surface area contributed by atoms with Crippen molar-refractivity contribution in [1.82, 2.24) is 0 Å². The molecule has 0 aliphatic carbocycles. The SMILES string of the molecule is O=C(O)c1cc(F)c([N+](=O)[O-])cc1OC(F)F. The summed E-state index contributed by atoms with van der Waals surface area (Å²) in [6.45, 7) is -3.38. The fourth-order valence-corrected chi connectivity index (χ4v) is 1.04. The van der Waals surface area contributed by atoms with Gasteiger partial charge in [0.1, 0.15) is 11.3 Å². The van der Waals surface area contributed by atoms with Crippen LogP contribution in [0.3, 0.4) is 0 Å². The maximum Gasteiger partial charge on any atom is 0.387 e. The third kappa shape index (κ3) is 2.83. The van der Waals surface area contributed by atoms with E-state index in [0.29, 0.717) is 6.07 Å². The lowest BCUT2D eigenvalue weighted by Crippen LogP contribution is -2.09. The highest BCUT2D eigenvalue weighted by atomic mass is 19.3. The number of aromatic carboxylic acids is 1. The highest BCUT2D eigenvalue weighted by molar-refractivity contribution is 5.91. The summed E-state index contributed by atoms with van der Waals surface area (Å²) in [6.07, 6.45) is 0. The monoisotopic (exact) mass is 251 g/mol. The van der Waals surface area contributed by atoms with Crippen molar-refractivity contribution in [2.75, 3.05) is 0 Å². The van der Waals surface area contributed by atoms with E-state index in [-0.39, 0.29) is 6.07 Å². The van der Waals surface area contributed by atoms with E-state index in [1.807, 2.05) is 0 Å². The average molecular weight is 251 g/mol. The first kappa shape index (κ1) is 12.7. The number of rotatable bonds is 4. The fourth-order valence-electron chi connectivity index (χ4n) is 1.04. The molecule has 0 spiro atoms. The molecule has 0 aliphatic heterocycles. The third-order valence-electron chi connectivity index (χ3n) is 1.69. The van der Waals surface area contributed by atoms with Gasteiger partial charge >= 0.3 is 18.3 Å². The van der Waals surface area contributed by atoms with Gasteiger partial charge in [-0.2, -0.15) is 13.2 Å². The van der Waals surface area contributed by atoms with E-state index in [2.05, 4.69) is 4.74 Å². The summed E-state index contributed by atoms with van der Waals surface area (Å²) < 4.78 is 40.6. The minimum atomic E-state index is -3.38. The van der Waals surface area contributed by atoms with Crippen molar-refractivity contribution in [3.05, 3.63) is 33.6 Å². The smallest absolute Gasteiger partial charge is 0.387 e. The molecule has 0 unspecified atom stereocenters. The zero-order chi connectivity index (χ0) is 13.2. The van der Waals surface area contributed by atoms with E-state index in [9.17, 15) is 28.1 Å². The molecule has 0 aliphatic rings. The van der Waals surface area contributed by atoms with Crippen LogP contribution in [0.2, 0.25) is 0 Å². The average Bonchev–Trinajstić information content (AvgIpc) is 2.18. The van der Waals surface area contributed by atoms with Gasteiger partial charge in [0.05, 0.1) is 11.0 Å². The second kappa shape index (κ2) is 4.68. The Labute approximate surface area is 91.4 Å². The summed E-state index contributed by atoms with van der Waals surface area (Å²) in [5, 5.41) is 18.9. The van der Waals surface area contributed by atoms with E-state index in [1.165, 1.54) is 0 Å². The van der Waals surface area contributed by atoms with E-state index in [1.54, 1.807) is 0 Å². The third-order valence-corrected chi connectivity index (χ3v) is 1.69. The van der Waals surface area contributed by atoms with Gasteiger partial charge in [-0.25, -0.2) is 4.79 Å². The number of carboxylic acid groups (broad SMARTS) is 1. The summed E-state index contributed by atoms with van der Waals surface area (Å²) in [4.78, 5) is 19.7. The minimum absolute atomic E-state index is 0.248. The predicted molar refractivity (Wildman–Crippen MR) is 46.6 cm³/mol. The van der Waals surface area contributed by atoms with Crippen LogP contribution in [0.25, 0.3) is 0 Å². The summed E-state index contributed by atoms with van der Waals surface area (Å²) in [5.41, 5.74) is -2.07. The number of nitrogens with zero attached hydrogens (tertiary/aromatic N) is 1. The van der Waals surface area contributed by atoms with Crippen molar-refractivity contribution >= 4 is 11.7 Å². The zero-order valence-electron chi connectivity index (χ0n) is 7.89. The molecule has 0 saturated heterocycles. The summed E-state index contributed by atoms with van der Waals surface area (Å²) in [5.74, 6) is -4.16. The molecule has 9 heteroatoms. The Morgan fingerprint density at radius 2 is 2.06 bits per heavy atom. The molecule has 1 aromatic carbocycles. The summed E-state index contributed by atoms with van der Waals surface area (Å²) in [7, 11) is 0. The second-order valence-corrected chi connectivity index (χ2v) is 2.74. The lowest BCUT2D eigenvalue weighted by atomic mass is 10.1. The molecule has 1 aromatic rings. The molecule has 0 fully saturated rings. The number of nitro benzene ring substituents is 1. The molecular weight excluding hydrogens is 247 g/mol. The normalized spacial score (nSPS) is 10.4. The van der Waals surface area contributed by atoms with Gasteiger partial charge in [0.15, 0.2) is 0 Å². The fraction of sp³-hybridized carbons (Fsp3) is 0.125. The quantitative estimate of drug-likeness (QED) is 0.653. The standard InChI is InChI=1S/C8H4F3NO5/c9-4-1-3(7(13)14)6(17-8(10)11)2-5(4)12(15)16/h1-2,8H,(H,13,14). The zero-order valence-corrected chi connectivity index (χ0v) is 7.89. The van der Waals surface area contributed by atoms with E-state index in [0.717, 1.165) is 0 Å². The molecule has 0 atom stereocenters. The molecule has 92 valence electrons. The van der Waals surface area contributed by atoms with Crippen molar-refractivity contribution in [2.45, 2.75) is 6.61 Å². The van der Waals surface area contributed by atoms with Crippen LogP contribution >= 0.6 is 0 Å². The maximum atomic E-state index is 13.0. The van der Waals surface area contributed by atoms with Crippen LogP contribution in [-0.2, 0) is 0 Å². The largest absolute Gasteiger partial charge is 0.478 e. The number of benzene rings is 1. The molecule has 0 bridgehead atoms. The molecule has 17 heavy (non-hydrogen) atoms. The Balaban J connectivity index is 3.36. The minimum Gasteiger partial charge on any atom is -0.478 e. The lowest BCUT2D eigenvalue weighted by Gasteiger charge is -2.07. The topological polar surface area (TPSA) is 89.7 Å². The van der Waals surface area contributed by atoms with Crippen LogP contribution in [0, 0.1) is 15.9 Å². The van der Waals surface area contributed by atoms with Crippen molar-refractivity contribution in [1.29, 1.82) is 0 Å². The van der Waals surface area contributed by atoms with Crippen LogP contribution in [-0.4, -0.2) is 22.6 Å². The van der Waals surface area contributed by atoms with Crippen molar-refractivity contribution in [3.63, 3.8) is 0 Å². The Kier molecular flexibility index (Phi) is 3.51. The van der Waals surface area contributed by atoms with Crippen molar-refractivity contribution in [3.8, 4) is 5.75 Å². The Morgan fingerprint density at radius 3 is 2.47 bits per heavy atom. The van der Waals surface area contributed by atoms with Gasteiger partial charge in [-0.15, -0.1) is 0 Å². The Morgan fingerprint density at radius 1 is 1.47 bits per heavy atom. The summed E-state index contributed by atoms with van der Waals surface area (Å²) in [6, 6.07) is 0.545. The van der Waals surface area contributed by atoms with Gasteiger partial charge in [0, 0.05) is 0 Å². The number of halogens is 3. The van der Waals surface area contributed by atoms with Crippen LogP contribution in [0.15, 0.2) is 12.1 Å². The van der Waals surface area contributed by atoms with E-state index < -0.39 is 40.3 Å². The lowest BCUT2D eigenvalue weighted by molar-refractivity contribution is -0.387. The number of carboxylic acids is 1. The molecule has 0 aromatic heterocycles. The van der Waals surface area contributed by atoms with Gasteiger partial charge in [-0.3, -0.25) is 10.1 Å². The van der Waals surface area contributed by atoms with Crippen molar-refractivity contribution < 1.29 is 32.7 Å². The number of ether oxygens (including phenoxy) is 1. The van der Waals surface area contributed by atoms with Crippen LogP contribution < -0.4 is 4.74 Å². The first-order chi connectivity index (χ1) is 7.82. The highest BCUT2D eigenvalue weighted by Crippen LogP contribution is 2.29. The molecular formula is C8H4F3NO5. The molecule has 0 radical (unpaired) electrons. The molecule has 1 N–H and O–H groups in total. The van der Waals surface area contributed by atoms with Gasteiger partial charge in [-0.1, -0.05) is 0 Å². The number of carbonyl (C=O) groups is 1. The van der Waals surface area contributed by atoms with Crippen molar-refractivity contribution in [2.24, 2.45) is 0 Å². The number of hydrogen-bond acceptors (Lipinski definition) is 4. The van der Waals surface area contributed by atoms with Crippen LogP contribution in [0.5, 0.6) is 5.75 Å². The number of alkyl halides is 2. The maximum absolute atomic E-state index is 13.0. The van der Waals surface area contributed by atoms with Gasteiger partial charge in [0.25, 0.3) is 0 Å². The summed E-state index contributed by atoms with van der Waals surface area (Å²) >= 11 is 0. The van der Waals surface area contributed by atoms with E-state index in [4.69, 9.17) is 5.11 Å². The van der Waals surface area contributed by atoms with Crippen LogP contribution in [0.4, 0.5) is 18.9 Å². The molecule has 6 nitrogen and oxygen atoms in total. The predicted octanol–water partition coefficient (Wildman–Crippen LogP) is 2.03. The second-order valence-electron chi connectivity index (χ2n) is 2.74. The molecule has 0 saturated carbocycles. The number of nitro groups is 1. The number of hydrogen-bond donors (Lipinski definition) is 1. The van der Waals surface area contributed by atoms with Gasteiger partial charge in [0.2, 0.25) is 5.82 Å².